The molecule has 1 fully saturated rings. The van der Waals surface area contributed by atoms with E-state index < -0.39 is 11.7 Å². The molecule has 1 aliphatic heterocycles. The highest BCUT2D eigenvalue weighted by molar-refractivity contribution is 8.07. The molecular formula is C14H19F3N2S2. The van der Waals surface area contributed by atoms with E-state index >= 15 is 0 Å². The highest BCUT2D eigenvalue weighted by atomic mass is 32.2. The fourth-order valence-corrected chi connectivity index (χ4v) is 5.38. The van der Waals surface area contributed by atoms with Gasteiger partial charge in [0, 0.05) is 21.5 Å². The predicted molar refractivity (Wildman–Crippen MR) is 84.3 cm³/mol. The molecule has 4 atom stereocenters. The average Bonchev–Trinajstić information content (AvgIpc) is 2.43. The number of rotatable bonds is 3. The molecule has 0 saturated carbocycles. The Labute approximate surface area is 131 Å². The molecule has 118 valence electrons. The molecule has 0 aromatic heterocycles. The summed E-state index contributed by atoms with van der Waals surface area (Å²) in [5.74, 6) is 6.58. The summed E-state index contributed by atoms with van der Waals surface area (Å²) >= 11 is 3.73. The minimum absolute atomic E-state index is 0.139. The summed E-state index contributed by atoms with van der Waals surface area (Å²) in [6, 6.07) is 5.13. The lowest BCUT2D eigenvalue weighted by atomic mass is 10.0. The molecule has 2 nitrogen and oxygen atoms in total. The Morgan fingerprint density at radius 2 is 1.81 bits per heavy atom. The van der Waals surface area contributed by atoms with Crippen LogP contribution in [0.1, 0.15) is 31.0 Å². The zero-order valence-corrected chi connectivity index (χ0v) is 13.5. The first kappa shape index (κ1) is 17.0. The van der Waals surface area contributed by atoms with E-state index in [2.05, 4.69) is 19.3 Å². The second kappa shape index (κ2) is 6.81. The van der Waals surface area contributed by atoms with Crippen LogP contribution in [0.2, 0.25) is 0 Å². The van der Waals surface area contributed by atoms with Crippen LogP contribution in [0.15, 0.2) is 24.3 Å². The summed E-state index contributed by atoms with van der Waals surface area (Å²) in [5, 5.41) is 1.33. The molecule has 0 radical (unpaired) electrons. The Kier molecular flexibility index (Phi) is 5.51. The summed E-state index contributed by atoms with van der Waals surface area (Å²) in [6.07, 6.45) is -4.30. The zero-order valence-electron chi connectivity index (χ0n) is 11.9. The molecule has 0 bridgehead atoms. The number of halogens is 3. The number of hydrogen-bond acceptors (Lipinski definition) is 4. The molecule has 1 saturated heterocycles. The third kappa shape index (κ3) is 4.09. The SMILES string of the molecule is CC1SCC(C(NN)c2ccc(C(F)(F)F)cc2)SC1C. The third-order valence-corrected chi connectivity index (χ3v) is 7.22. The Morgan fingerprint density at radius 1 is 1.19 bits per heavy atom. The van der Waals surface area contributed by atoms with E-state index in [1.807, 2.05) is 23.5 Å². The van der Waals surface area contributed by atoms with Crippen LogP contribution >= 0.6 is 23.5 Å². The van der Waals surface area contributed by atoms with Gasteiger partial charge in [-0.15, -0.1) is 0 Å². The molecule has 2 rings (SSSR count). The Bertz CT molecular complexity index is 464. The lowest BCUT2D eigenvalue weighted by molar-refractivity contribution is -0.137. The number of hydrazine groups is 1. The Hall–Kier alpha value is -0.370. The van der Waals surface area contributed by atoms with Gasteiger partial charge in [0.15, 0.2) is 0 Å². The second-order valence-electron chi connectivity index (χ2n) is 5.18. The highest BCUT2D eigenvalue weighted by Crippen LogP contribution is 2.41. The lowest BCUT2D eigenvalue weighted by Gasteiger charge is -2.35. The van der Waals surface area contributed by atoms with Crippen molar-refractivity contribution in [3.63, 3.8) is 0 Å². The zero-order chi connectivity index (χ0) is 15.6. The largest absolute Gasteiger partial charge is 0.416 e. The van der Waals surface area contributed by atoms with Gasteiger partial charge in [-0.3, -0.25) is 11.3 Å². The monoisotopic (exact) mass is 336 g/mol. The number of benzene rings is 1. The van der Waals surface area contributed by atoms with E-state index in [1.165, 1.54) is 12.1 Å². The van der Waals surface area contributed by atoms with Crippen LogP contribution in [0.5, 0.6) is 0 Å². The molecule has 3 N–H and O–H groups in total. The van der Waals surface area contributed by atoms with Gasteiger partial charge in [0.2, 0.25) is 0 Å². The normalized spacial score (nSPS) is 28.4. The first-order valence-corrected chi connectivity index (χ1v) is 8.72. The number of hydrogen-bond donors (Lipinski definition) is 2. The third-order valence-electron chi connectivity index (χ3n) is 3.72. The van der Waals surface area contributed by atoms with Crippen LogP contribution < -0.4 is 11.3 Å². The van der Waals surface area contributed by atoms with Gasteiger partial charge >= 0.3 is 6.18 Å². The van der Waals surface area contributed by atoms with Crippen molar-refractivity contribution in [1.82, 2.24) is 5.43 Å². The van der Waals surface area contributed by atoms with Gasteiger partial charge in [0.25, 0.3) is 0 Å². The topological polar surface area (TPSA) is 38.0 Å². The van der Waals surface area contributed by atoms with Crippen LogP contribution in [0, 0.1) is 0 Å². The minimum Gasteiger partial charge on any atom is -0.271 e. The molecule has 0 aliphatic carbocycles. The van der Waals surface area contributed by atoms with Gasteiger partial charge in [0.1, 0.15) is 0 Å². The van der Waals surface area contributed by atoms with Crippen molar-refractivity contribution < 1.29 is 13.2 Å². The molecule has 4 unspecified atom stereocenters. The first-order chi connectivity index (χ1) is 9.82. The van der Waals surface area contributed by atoms with Gasteiger partial charge < -0.3 is 0 Å². The number of thioether (sulfide) groups is 2. The first-order valence-electron chi connectivity index (χ1n) is 6.73. The minimum atomic E-state index is -4.30. The Balaban J connectivity index is 2.14. The van der Waals surface area contributed by atoms with E-state index in [4.69, 9.17) is 5.84 Å². The van der Waals surface area contributed by atoms with E-state index in [9.17, 15) is 13.2 Å². The van der Waals surface area contributed by atoms with E-state index in [1.54, 1.807) is 0 Å². The maximum absolute atomic E-state index is 12.6. The van der Waals surface area contributed by atoms with Crippen molar-refractivity contribution in [3.8, 4) is 0 Å². The summed E-state index contributed by atoms with van der Waals surface area (Å²) < 4.78 is 37.8. The lowest BCUT2D eigenvalue weighted by Crippen LogP contribution is -2.40. The van der Waals surface area contributed by atoms with Gasteiger partial charge in [0.05, 0.1) is 11.6 Å². The molecule has 1 aromatic rings. The van der Waals surface area contributed by atoms with Gasteiger partial charge in [-0.25, -0.2) is 0 Å². The fraction of sp³-hybridized carbons (Fsp3) is 0.571. The molecule has 7 heteroatoms. The molecule has 1 aliphatic rings. The van der Waals surface area contributed by atoms with Crippen LogP contribution in [0.4, 0.5) is 13.2 Å². The van der Waals surface area contributed by atoms with Crippen LogP contribution in [-0.4, -0.2) is 21.5 Å². The van der Waals surface area contributed by atoms with Crippen molar-refractivity contribution in [2.45, 2.75) is 41.8 Å². The predicted octanol–water partition coefficient (Wildman–Crippen LogP) is 3.84. The van der Waals surface area contributed by atoms with Crippen molar-refractivity contribution in [2.75, 3.05) is 5.75 Å². The van der Waals surface area contributed by atoms with Crippen molar-refractivity contribution in [3.05, 3.63) is 35.4 Å². The van der Waals surface area contributed by atoms with Crippen molar-refractivity contribution >= 4 is 23.5 Å². The molecule has 1 heterocycles. The maximum atomic E-state index is 12.6. The Morgan fingerprint density at radius 3 is 2.29 bits per heavy atom. The quantitative estimate of drug-likeness (QED) is 0.650. The molecule has 21 heavy (non-hydrogen) atoms. The summed E-state index contributed by atoms with van der Waals surface area (Å²) in [4.78, 5) is 0. The molecule has 0 amide bonds. The van der Waals surface area contributed by atoms with Crippen molar-refractivity contribution in [1.29, 1.82) is 0 Å². The highest BCUT2D eigenvalue weighted by Gasteiger charge is 2.33. The second-order valence-corrected chi connectivity index (χ2v) is 8.21. The molecule has 1 aromatic carbocycles. The van der Waals surface area contributed by atoms with E-state index in [0.29, 0.717) is 10.5 Å². The fourth-order valence-electron chi connectivity index (χ4n) is 2.28. The molecular weight excluding hydrogens is 317 g/mol. The number of nitrogens with two attached hydrogens (primary N) is 1. The smallest absolute Gasteiger partial charge is 0.271 e. The number of nitrogens with one attached hydrogen (secondary N) is 1. The van der Waals surface area contributed by atoms with Gasteiger partial charge in [-0.1, -0.05) is 26.0 Å². The van der Waals surface area contributed by atoms with Gasteiger partial charge in [-0.05, 0) is 17.7 Å². The average molecular weight is 336 g/mol. The van der Waals surface area contributed by atoms with Crippen molar-refractivity contribution in [2.24, 2.45) is 5.84 Å². The molecule has 0 spiro atoms. The number of alkyl halides is 3. The van der Waals surface area contributed by atoms with Crippen LogP contribution in [0.25, 0.3) is 0 Å². The maximum Gasteiger partial charge on any atom is 0.416 e. The summed E-state index contributed by atoms with van der Waals surface area (Å²) in [5.41, 5.74) is 2.93. The van der Waals surface area contributed by atoms with Crippen LogP contribution in [-0.2, 0) is 6.18 Å². The summed E-state index contributed by atoms with van der Waals surface area (Å²) in [6.45, 7) is 4.37. The van der Waals surface area contributed by atoms with E-state index in [-0.39, 0.29) is 11.3 Å². The summed E-state index contributed by atoms with van der Waals surface area (Å²) in [7, 11) is 0. The van der Waals surface area contributed by atoms with Gasteiger partial charge in [-0.2, -0.15) is 36.7 Å². The van der Waals surface area contributed by atoms with Crippen LogP contribution in [0.3, 0.4) is 0 Å². The van der Waals surface area contributed by atoms with E-state index in [0.717, 1.165) is 23.4 Å². The standard InChI is InChI=1S/C14H19F3N2S2/c1-8-9(2)21-12(7-20-8)13(19-18)10-3-5-11(6-4-10)14(15,16)17/h3-6,8-9,12-13,19H,7,18H2,1-2H3.